The van der Waals surface area contributed by atoms with Crippen LogP contribution in [0.5, 0.6) is 5.75 Å². The van der Waals surface area contributed by atoms with Crippen molar-refractivity contribution in [3.63, 3.8) is 0 Å². The molecule has 0 bridgehead atoms. The first-order chi connectivity index (χ1) is 54.2. The summed E-state index contributed by atoms with van der Waals surface area (Å²) in [7, 11) is 10.7. The number of anilines is 10. The number of nitriles is 1. The third-order valence-corrected chi connectivity index (χ3v) is 18.1. The summed E-state index contributed by atoms with van der Waals surface area (Å²) in [6, 6.07) is 29.4. The van der Waals surface area contributed by atoms with E-state index in [1.807, 2.05) is 101 Å². The highest BCUT2D eigenvalue weighted by atomic mass is 19.4. The number of halogens is 6. The average Bonchev–Trinajstić information content (AvgIpc) is 0.845. The number of nitrogens with zero attached hydrogens (tertiary/aromatic N) is 15. The molecule has 0 unspecified atom stereocenters. The predicted molar refractivity (Wildman–Crippen MR) is 429 cm³/mol. The first kappa shape index (κ1) is 86.0. The number of carbonyl (C=O) groups is 2. The molecule has 6 aromatic carbocycles. The number of aromatic nitrogens is 6. The van der Waals surface area contributed by atoms with Crippen LogP contribution in [0.15, 0.2) is 157 Å². The molecule has 3 aromatic heterocycles. The van der Waals surface area contributed by atoms with Gasteiger partial charge in [-0.25, -0.2) is 34.7 Å². The van der Waals surface area contributed by atoms with Crippen molar-refractivity contribution in [2.75, 3.05) is 127 Å². The van der Waals surface area contributed by atoms with Crippen LogP contribution in [-0.4, -0.2) is 137 Å². The van der Waals surface area contributed by atoms with Crippen molar-refractivity contribution in [3.05, 3.63) is 239 Å². The van der Waals surface area contributed by atoms with Gasteiger partial charge in [-0.2, -0.15) is 26.3 Å². The van der Waals surface area contributed by atoms with E-state index < -0.39 is 34.4 Å². The van der Waals surface area contributed by atoms with Crippen LogP contribution in [0.3, 0.4) is 0 Å². The minimum Gasteiger partial charge on any atom is -0.399 e. The Kier molecular flexibility index (Phi) is 29.7. The number of ether oxygens (including phenoxy) is 1. The van der Waals surface area contributed by atoms with E-state index in [4.69, 9.17) is 22.5 Å². The van der Waals surface area contributed by atoms with Crippen LogP contribution in [0.4, 0.5) is 100 Å². The molecule has 0 saturated carbocycles. The monoisotopic (exact) mass is 1570 g/mol. The Labute approximate surface area is 654 Å². The van der Waals surface area contributed by atoms with Crippen LogP contribution in [0.1, 0.15) is 73.6 Å². The van der Waals surface area contributed by atoms with Crippen molar-refractivity contribution in [3.8, 4) is 12.0 Å². The molecule has 0 aliphatic carbocycles. The summed E-state index contributed by atoms with van der Waals surface area (Å²) in [5, 5.41) is 44.0. The molecule has 4 aliphatic heterocycles. The fraction of sp³-hybridized carbons (Fsp3) is 0.308. The lowest BCUT2D eigenvalue weighted by Crippen LogP contribution is -2.36. The van der Waals surface area contributed by atoms with E-state index in [0.717, 1.165) is 143 Å². The number of nitro groups is 2. The van der Waals surface area contributed by atoms with Gasteiger partial charge in [0.1, 0.15) is 5.75 Å². The number of nitro benzene ring substituents is 2. The molecule has 114 heavy (non-hydrogen) atoms. The van der Waals surface area contributed by atoms with E-state index in [-0.39, 0.29) is 39.5 Å². The second-order valence-corrected chi connectivity index (χ2v) is 26.5. The van der Waals surface area contributed by atoms with E-state index in [2.05, 4.69) is 93.9 Å². The molecule has 0 atom stereocenters. The van der Waals surface area contributed by atoms with Crippen LogP contribution < -0.4 is 68.1 Å². The van der Waals surface area contributed by atoms with Gasteiger partial charge >= 0.3 is 18.4 Å². The van der Waals surface area contributed by atoms with Gasteiger partial charge in [0, 0.05) is 231 Å². The van der Waals surface area contributed by atoms with E-state index in [0.29, 0.717) is 56.1 Å². The smallest absolute Gasteiger partial charge is 0.399 e. The molecule has 7 heterocycles. The largest absolute Gasteiger partial charge is 0.416 e. The van der Waals surface area contributed by atoms with Crippen molar-refractivity contribution in [1.82, 2.24) is 34.8 Å². The Bertz CT molecular complexity index is 5020. The van der Waals surface area contributed by atoms with Crippen LogP contribution in [0.25, 0.3) is 0 Å². The number of hydrogen-bond acceptors (Lipinski definition) is 24. The molecule has 30 nitrogen and oxygen atoms in total. The van der Waals surface area contributed by atoms with E-state index >= 15 is 0 Å². The van der Waals surface area contributed by atoms with Gasteiger partial charge in [0.2, 0.25) is 17.8 Å². The number of ketones is 1. The van der Waals surface area contributed by atoms with Crippen molar-refractivity contribution < 1.29 is 50.5 Å². The normalized spacial score (nSPS) is 13.6. The number of aliphatic imine (C=N–C) groups is 1. The first-order valence-electron chi connectivity index (χ1n) is 35.6. The summed E-state index contributed by atoms with van der Waals surface area (Å²) in [5.41, 5.74) is 30.9. The second-order valence-electron chi connectivity index (χ2n) is 26.5. The van der Waals surface area contributed by atoms with Crippen LogP contribution >= 0.6 is 0 Å². The summed E-state index contributed by atoms with van der Waals surface area (Å²) >= 11 is 0. The molecule has 36 heteroatoms. The van der Waals surface area contributed by atoms with E-state index in [1.165, 1.54) is 60.4 Å². The molecule has 0 radical (unpaired) electrons. The number of nitrogens with two attached hydrogens (primary N) is 3. The lowest BCUT2D eigenvalue weighted by atomic mass is 10.0. The van der Waals surface area contributed by atoms with Gasteiger partial charge < -0.3 is 73.0 Å². The molecule has 0 spiro atoms. The summed E-state index contributed by atoms with van der Waals surface area (Å²) in [5.74, 6) is 2.07. The molecule has 13 rings (SSSR count). The number of alkyl halides is 6. The Morgan fingerprint density at radius 1 is 0.570 bits per heavy atom. The Morgan fingerprint density at radius 3 is 1.37 bits per heavy atom. The number of piperidine rings is 1. The molecule has 1 fully saturated rings. The number of guanidine groups is 1. The maximum Gasteiger partial charge on any atom is 0.416 e. The molecule has 4 aliphatic rings. The highest BCUT2D eigenvalue weighted by Gasteiger charge is 2.33. The molecule has 1 saturated heterocycles. The van der Waals surface area contributed by atoms with E-state index in [9.17, 15) is 56.2 Å². The molecule has 600 valence electrons. The number of Topliss-reactive ketones (excluding diaryl/α,β-unsaturated/α-hetero) is 1. The lowest BCUT2D eigenvalue weighted by molar-refractivity contribution is -0.385. The highest BCUT2D eigenvalue weighted by molar-refractivity contribution is 6.00. The molecule has 2 amide bonds. The minimum atomic E-state index is -4.48. The Morgan fingerprint density at radius 2 is 0.956 bits per heavy atom. The number of hydrogen-bond donors (Lipinski definition) is 8. The fourth-order valence-corrected chi connectivity index (χ4v) is 12.3. The SMILES string of the molecule is CN=C(N)N.CNc1ncc2c(n1)CCN(c1cc(N)ccc1C)C2.CNc1ncc2c(n1)CCN(c1cc(NC(=O)Nc3cccc(C(F)(F)F)c3)ccc1C)C2.CNc1ncc2c(n1)CCN(c1cc([N+](=O)[O-])ccc1C)C2.Cc1ccc([N+](=O)[O-])cc1N1CCC(=O)/C(=C\N(C)C)C1.N#COc1cccc(C(F)(F)F)c1. The summed E-state index contributed by atoms with van der Waals surface area (Å²) in [6.07, 6.45) is 2.72. The molecular weight excluding hydrogens is 1480 g/mol. The standard InChI is InChI=1S/C23H23F3N6O.C15H17N5O2.C15H19N5.C15H19N3O3.C8H4F3NO.C2H7N3/c1-14-6-7-18(30-22(33)29-17-5-3-4-16(10-17)23(24,25)26)11-20(14)32-9-8-19-15(13-32)12-28-21(27-2)31-19;1-10-3-4-12(20(21)22)7-14(10)19-6-5-13-11(9-19)8-17-15(16-2)18-13;1-10-3-4-12(16)7-14(10)20-6-5-13-11(9-20)8-18-15(17-2)19-13;1-11-4-5-13(18(20)21)8-14(11)17-7-6-15(19)12(10-17)9-16(2)3;9-8(10,11)6-2-1-3-7(4-6)13-5-12;1-5-2(3)4/h3-7,10-12H,8-9,13H2,1-2H3,(H,27,28,31)(H2,29,30,33);3-4,7-8H,5-6,9H2,1-2H3,(H,16,17,18);3-4,7-8H,5-6,9,16H2,1-2H3,(H,17,18,19);4-5,8-9H,6-7,10H2,1-3H3;1-4H;1H3,(H4,3,4,5)/b;;;12-9-;;. The predicted octanol–water partition coefficient (Wildman–Crippen LogP) is 12.9. The fourth-order valence-electron chi connectivity index (χ4n) is 12.3. The Hall–Kier alpha value is -13.6. The molecular formula is C78H89F6N23O7. The number of nitrogen functional groups attached to an aromatic ring is 1. The van der Waals surface area contributed by atoms with Crippen molar-refractivity contribution >= 4 is 86.8 Å². The number of fused-ring (bicyclic) bond motifs is 3. The maximum atomic E-state index is 12.9. The quantitative estimate of drug-likeness (QED) is 0.00777. The van der Waals surface area contributed by atoms with Crippen LogP contribution in [-0.2, 0) is 56.0 Å². The number of nitrogens with one attached hydrogen (secondary N) is 5. The molecule has 11 N–H and O–H groups in total. The summed E-state index contributed by atoms with van der Waals surface area (Å²) in [4.78, 5) is 85.8. The van der Waals surface area contributed by atoms with Crippen LogP contribution in [0, 0.1) is 59.4 Å². The number of non-ortho nitro benzene ring substituents is 2. The van der Waals surface area contributed by atoms with Gasteiger partial charge in [-0.05, 0) is 111 Å². The van der Waals surface area contributed by atoms with Gasteiger partial charge in [0.15, 0.2) is 11.7 Å². The molecule has 9 aromatic rings. The van der Waals surface area contributed by atoms with Gasteiger partial charge in [-0.15, -0.1) is 5.26 Å². The topological polar surface area (TPSA) is 398 Å². The highest BCUT2D eigenvalue weighted by Crippen LogP contribution is 2.36. The van der Waals surface area contributed by atoms with Crippen molar-refractivity contribution in [2.24, 2.45) is 16.5 Å². The first-order valence-corrected chi connectivity index (χ1v) is 35.6. The van der Waals surface area contributed by atoms with Crippen LogP contribution in [0.2, 0.25) is 0 Å². The third-order valence-electron chi connectivity index (χ3n) is 18.1. The van der Waals surface area contributed by atoms with Gasteiger partial charge in [-0.1, -0.05) is 36.4 Å². The van der Waals surface area contributed by atoms with Gasteiger partial charge in [0.05, 0.1) is 38.1 Å². The number of urea groups is 1. The summed E-state index contributed by atoms with van der Waals surface area (Å²) in [6.45, 7) is 13.7. The third kappa shape index (κ3) is 24.2. The number of rotatable bonds is 13. The maximum absolute atomic E-state index is 12.9. The zero-order chi connectivity index (χ0) is 83.1. The lowest BCUT2D eigenvalue weighted by Gasteiger charge is -2.31. The van der Waals surface area contributed by atoms with Gasteiger partial charge in [-0.3, -0.25) is 30.0 Å². The van der Waals surface area contributed by atoms with Crippen molar-refractivity contribution in [2.45, 2.75) is 85.4 Å². The number of benzene rings is 6. The number of aryl methyl sites for hydroxylation is 4. The zero-order valence-corrected chi connectivity index (χ0v) is 64.4. The zero-order valence-electron chi connectivity index (χ0n) is 64.4. The minimum absolute atomic E-state index is 0.0586. The van der Waals surface area contributed by atoms with Gasteiger partial charge in [0.25, 0.3) is 17.6 Å². The Balaban J connectivity index is 0.000000180. The second kappa shape index (κ2) is 39.3. The van der Waals surface area contributed by atoms with Crippen molar-refractivity contribution in [1.29, 1.82) is 5.26 Å². The number of amides is 2. The number of carbonyl (C=O) groups excluding carboxylic acids is 2. The summed E-state index contributed by atoms with van der Waals surface area (Å²) < 4.78 is 79.1. The average molecular weight is 1570 g/mol. The van der Waals surface area contributed by atoms with E-state index in [1.54, 1.807) is 50.5 Å².